The molecule has 2 rings (SSSR count). The molecule has 2 N–H and O–H groups in total. The van der Waals surface area contributed by atoms with Crippen molar-refractivity contribution in [3.8, 4) is 0 Å². The van der Waals surface area contributed by atoms with E-state index in [1.54, 1.807) is 6.07 Å². The maximum absolute atomic E-state index is 12.8. The van der Waals surface area contributed by atoms with Gasteiger partial charge in [0, 0.05) is 10.6 Å². The van der Waals surface area contributed by atoms with Gasteiger partial charge in [-0.2, -0.15) is 0 Å². The summed E-state index contributed by atoms with van der Waals surface area (Å²) in [6, 6.07) is 8.12. The Labute approximate surface area is 105 Å². The minimum atomic E-state index is -0.317. The molecule has 0 bridgehead atoms. The summed E-state index contributed by atoms with van der Waals surface area (Å²) in [6.07, 6.45) is 0. The van der Waals surface area contributed by atoms with Crippen molar-refractivity contribution >= 4 is 33.4 Å². The van der Waals surface area contributed by atoms with E-state index in [9.17, 15) is 4.39 Å². The van der Waals surface area contributed by atoms with Crippen molar-refractivity contribution in [3.05, 3.63) is 46.6 Å². The van der Waals surface area contributed by atoms with Gasteiger partial charge in [0.1, 0.15) is 11.6 Å². The Bertz CT molecular complexity index is 500. The largest absolute Gasteiger partial charge is 0.453 e. The SMILES string of the molecule is Nc1cc(F)ccc1SCc1ccc(Br)o1. The first-order valence-electron chi connectivity index (χ1n) is 4.57. The number of anilines is 1. The van der Waals surface area contributed by atoms with Crippen molar-refractivity contribution in [3.63, 3.8) is 0 Å². The number of halogens is 2. The molecule has 2 nitrogen and oxygen atoms in total. The van der Waals surface area contributed by atoms with Crippen LogP contribution in [0.25, 0.3) is 0 Å². The van der Waals surface area contributed by atoms with Crippen molar-refractivity contribution < 1.29 is 8.81 Å². The molecule has 1 aromatic heterocycles. The fourth-order valence-corrected chi connectivity index (χ4v) is 2.41. The van der Waals surface area contributed by atoms with Gasteiger partial charge in [0.25, 0.3) is 0 Å². The van der Waals surface area contributed by atoms with E-state index in [4.69, 9.17) is 10.2 Å². The molecule has 16 heavy (non-hydrogen) atoms. The van der Waals surface area contributed by atoms with Gasteiger partial charge in [0.15, 0.2) is 4.67 Å². The first-order chi connectivity index (χ1) is 7.65. The van der Waals surface area contributed by atoms with Crippen LogP contribution in [0.1, 0.15) is 5.76 Å². The zero-order chi connectivity index (χ0) is 11.5. The molecule has 1 heterocycles. The molecule has 0 fully saturated rings. The van der Waals surface area contributed by atoms with E-state index in [0.717, 1.165) is 10.7 Å². The van der Waals surface area contributed by atoms with Crippen LogP contribution in [0.4, 0.5) is 10.1 Å². The molecular weight excluding hydrogens is 293 g/mol. The summed E-state index contributed by atoms with van der Waals surface area (Å²) in [5, 5.41) is 0. The summed E-state index contributed by atoms with van der Waals surface area (Å²) in [5.74, 6) is 1.20. The molecule has 0 radical (unpaired) electrons. The van der Waals surface area contributed by atoms with Crippen LogP contribution < -0.4 is 5.73 Å². The third kappa shape index (κ3) is 2.80. The number of benzene rings is 1. The van der Waals surface area contributed by atoms with Crippen LogP contribution in [0.5, 0.6) is 0 Å². The number of hydrogen-bond donors (Lipinski definition) is 1. The van der Waals surface area contributed by atoms with Crippen LogP contribution in [0.2, 0.25) is 0 Å². The summed E-state index contributed by atoms with van der Waals surface area (Å²) in [7, 11) is 0. The lowest BCUT2D eigenvalue weighted by Gasteiger charge is -2.03. The van der Waals surface area contributed by atoms with Crippen LogP contribution in [-0.2, 0) is 5.75 Å². The van der Waals surface area contributed by atoms with Crippen LogP contribution in [0.15, 0.2) is 44.3 Å². The van der Waals surface area contributed by atoms with Crippen molar-refractivity contribution in [1.29, 1.82) is 0 Å². The Hall–Kier alpha value is -0.940. The maximum atomic E-state index is 12.8. The van der Waals surface area contributed by atoms with E-state index in [0.29, 0.717) is 16.1 Å². The van der Waals surface area contributed by atoms with E-state index in [-0.39, 0.29) is 5.82 Å². The Morgan fingerprint density at radius 1 is 1.31 bits per heavy atom. The van der Waals surface area contributed by atoms with E-state index in [1.165, 1.54) is 23.9 Å². The predicted octanol–water partition coefficient (Wildman–Crippen LogP) is 4.06. The molecule has 0 spiro atoms. The molecular formula is C11H9BrFNOS. The minimum Gasteiger partial charge on any atom is -0.453 e. The standard InChI is InChI=1S/C11H9BrFNOS/c12-11-4-2-8(15-11)6-16-10-3-1-7(13)5-9(10)14/h1-5H,6,14H2. The minimum absolute atomic E-state index is 0.317. The van der Waals surface area contributed by atoms with Gasteiger partial charge in [0.2, 0.25) is 0 Å². The zero-order valence-corrected chi connectivity index (χ0v) is 10.6. The van der Waals surface area contributed by atoms with Gasteiger partial charge in [-0.05, 0) is 46.3 Å². The molecule has 0 atom stereocenters. The van der Waals surface area contributed by atoms with Gasteiger partial charge in [-0.1, -0.05) is 0 Å². The number of nitrogens with two attached hydrogens (primary N) is 1. The van der Waals surface area contributed by atoms with Crippen LogP contribution in [0.3, 0.4) is 0 Å². The quantitative estimate of drug-likeness (QED) is 0.686. The van der Waals surface area contributed by atoms with Gasteiger partial charge in [0.05, 0.1) is 5.75 Å². The van der Waals surface area contributed by atoms with Gasteiger partial charge >= 0.3 is 0 Å². The highest BCUT2D eigenvalue weighted by molar-refractivity contribution is 9.10. The van der Waals surface area contributed by atoms with E-state index >= 15 is 0 Å². The number of hydrogen-bond acceptors (Lipinski definition) is 3. The lowest BCUT2D eigenvalue weighted by Crippen LogP contribution is -1.89. The van der Waals surface area contributed by atoms with Crippen molar-refractivity contribution in [2.24, 2.45) is 0 Å². The number of thioether (sulfide) groups is 1. The van der Waals surface area contributed by atoms with Crippen molar-refractivity contribution in [1.82, 2.24) is 0 Å². The normalized spacial score (nSPS) is 10.6. The van der Waals surface area contributed by atoms with Crippen LogP contribution >= 0.6 is 27.7 Å². The molecule has 0 aliphatic rings. The predicted molar refractivity (Wildman–Crippen MR) is 66.8 cm³/mol. The number of rotatable bonds is 3. The second kappa shape index (κ2) is 4.93. The summed E-state index contributed by atoms with van der Waals surface area (Å²) >= 11 is 4.75. The average Bonchev–Trinajstić information content (AvgIpc) is 2.63. The highest BCUT2D eigenvalue weighted by Crippen LogP contribution is 2.29. The van der Waals surface area contributed by atoms with E-state index < -0.39 is 0 Å². The molecule has 5 heteroatoms. The molecule has 0 amide bonds. The van der Waals surface area contributed by atoms with Gasteiger partial charge in [-0.25, -0.2) is 4.39 Å². The Morgan fingerprint density at radius 2 is 2.12 bits per heavy atom. The molecule has 0 saturated heterocycles. The highest BCUT2D eigenvalue weighted by atomic mass is 79.9. The molecule has 84 valence electrons. The number of nitrogen functional groups attached to an aromatic ring is 1. The smallest absolute Gasteiger partial charge is 0.169 e. The zero-order valence-electron chi connectivity index (χ0n) is 8.24. The summed E-state index contributed by atoms with van der Waals surface area (Å²) in [6.45, 7) is 0. The van der Waals surface area contributed by atoms with Crippen LogP contribution in [-0.4, -0.2) is 0 Å². The fraction of sp³-hybridized carbons (Fsp3) is 0.0909. The second-order valence-electron chi connectivity index (χ2n) is 3.18. The van der Waals surface area contributed by atoms with Gasteiger partial charge < -0.3 is 10.2 Å². The molecule has 0 aliphatic carbocycles. The topological polar surface area (TPSA) is 39.2 Å². The third-order valence-corrected chi connectivity index (χ3v) is 3.51. The summed E-state index contributed by atoms with van der Waals surface area (Å²) < 4.78 is 18.9. The maximum Gasteiger partial charge on any atom is 0.169 e. The Balaban J connectivity index is 2.04. The number of furan rings is 1. The summed E-state index contributed by atoms with van der Waals surface area (Å²) in [4.78, 5) is 0.855. The molecule has 0 unspecified atom stereocenters. The second-order valence-corrected chi connectivity index (χ2v) is 4.98. The lowest BCUT2D eigenvalue weighted by atomic mass is 10.3. The monoisotopic (exact) mass is 301 g/mol. The van der Waals surface area contributed by atoms with Gasteiger partial charge in [-0.3, -0.25) is 0 Å². The Morgan fingerprint density at radius 3 is 2.75 bits per heavy atom. The van der Waals surface area contributed by atoms with E-state index in [1.807, 2.05) is 12.1 Å². The highest BCUT2D eigenvalue weighted by Gasteiger charge is 2.04. The molecule has 0 aliphatic heterocycles. The first kappa shape index (κ1) is 11.5. The third-order valence-electron chi connectivity index (χ3n) is 1.97. The van der Waals surface area contributed by atoms with Gasteiger partial charge in [-0.15, -0.1) is 11.8 Å². The lowest BCUT2D eigenvalue weighted by molar-refractivity contribution is 0.507. The average molecular weight is 302 g/mol. The molecule has 2 aromatic rings. The fourth-order valence-electron chi connectivity index (χ4n) is 1.23. The van der Waals surface area contributed by atoms with Crippen LogP contribution in [0, 0.1) is 5.82 Å². The summed E-state index contributed by atoms with van der Waals surface area (Å²) in [5.41, 5.74) is 6.14. The van der Waals surface area contributed by atoms with Crippen molar-refractivity contribution in [2.45, 2.75) is 10.6 Å². The van der Waals surface area contributed by atoms with E-state index in [2.05, 4.69) is 15.9 Å². The van der Waals surface area contributed by atoms with Crippen molar-refractivity contribution in [2.75, 3.05) is 5.73 Å². The molecule has 0 saturated carbocycles. The molecule has 1 aromatic carbocycles. The Kier molecular flexibility index (Phi) is 3.56. The first-order valence-corrected chi connectivity index (χ1v) is 6.35.